The third kappa shape index (κ3) is 5.59. The number of aromatic nitrogens is 1. The van der Waals surface area contributed by atoms with E-state index in [9.17, 15) is 14.4 Å². The lowest BCUT2D eigenvalue weighted by Gasteiger charge is -2.13. The van der Waals surface area contributed by atoms with Crippen molar-refractivity contribution in [3.8, 4) is 0 Å². The van der Waals surface area contributed by atoms with E-state index in [-0.39, 0.29) is 5.56 Å². The van der Waals surface area contributed by atoms with Crippen molar-refractivity contribution in [2.75, 3.05) is 5.32 Å². The van der Waals surface area contributed by atoms with Gasteiger partial charge in [0.15, 0.2) is 10.4 Å². The number of thioether (sulfide) groups is 1. The van der Waals surface area contributed by atoms with E-state index < -0.39 is 23.9 Å². The molecule has 0 bridgehead atoms. The predicted molar refractivity (Wildman–Crippen MR) is 132 cm³/mol. The van der Waals surface area contributed by atoms with Gasteiger partial charge in [0.05, 0.1) is 21.3 Å². The molecule has 3 N–H and O–H groups in total. The standard InChI is InChI=1S/C23H19N3O4S3/c1-13(20(28)26-21-16(19(24)27)10-11-31-21)30-22(29)15-8-6-14(7-9-15)12-32-23-25-17-4-2-3-5-18(17)33-23/h2-11,13H,12H2,1H3,(H2,24,27)(H,26,28). The molecule has 2 heterocycles. The molecule has 0 aliphatic rings. The van der Waals surface area contributed by atoms with E-state index >= 15 is 0 Å². The number of para-hydroxylation sites is 1. The van der Waals surface area contributed by atoms with E-state index in [1.54, 1.807) is 40.6 Å². The SMILES string of the molecule is CC(OC(=O)c1ccc(CSc2nc3ccccc3s2)cc1)C(=O)Nc1sccc1C(N)=O. The van der Waals surface area contributed by atoms with Crippen molar-refractivity contribution in [1.29, 1.82) is 0 Å². The quantitative estimate of drug-likeness (QED) is 0.264. The summed E-state index contributed by atoms with van der Waals surface area (Å²) in [5.74, 6) is -1.07. The van der Waals surface area contributed by atoms with E-state index in [2.05, 4.69) is 16.4 Å². The summed E-state index contributed by atoms with van der Waals surface area (Å²) in [5, 5.41) is 4.54. The number of hydrogen-bond acceptors (Lipinski definition) is 8. The second-order valence-corrected chi connectivity index (χ2v) is 10.2. The second kappa shape index (κ2) is 10.2. The van der Waals surface area contributed by atoms with Crippen LogP contribution < -0.4 is 11.1 Å². The maximum absolute atomic E-state index is 12.4. The van der Waals surface area contributed by atoms with Crippen LogP contribution in [0.25, 0.3) is 10.2 Å². The summed E-state index contributed by atoms with van der Waals surface area (Å²) in [7, 11) is 0. The van der Waals surface area contributed by atoms with Gasteiger partial charge in [-0.3, -0.25) is 9.59 Å². The van der Waals surface area contributed by atoms with Gasteiger partial charge in [-0.15, -0.1) is 22.7 Å². The van der Waals surface area contributed by atoms with Crippen molar-refractivity contribution >= 4 is 67.4 Å². The molecule has 7 nitrogen and oxygen atoms in total. The van der Waals surface area contributed by atoms with Crippen LogP contribution in [-0.4, -0.2) is 28.9 Å². The Morgan fingerprint density at radius 2 is 1.88 bits per heavy atom. The van der Waals surface area contributed by atoms with Crippen molar-refractivity contribution in [2.24, 2.45) is 5.73 Å². The highest BCUT2D eigenvalue weighted by Crippen LogP contribution is 2.31. The van der Waals surface area contributed by atoms with Crippen LogP contribution in [0.3, 0.4) is 0 Å². The van der Waals surface area contributed by atoms with Crippen LogP contribution in [0.15, 0.2) is 64.3 Å². The summed E-state index contributed by atoms with van der Waals surface area (Å²) in [6.45, 7) is 1.47. The highest BCUT2D eigenvalue weighted by Gasteiger charge is 2.21. The highest BCUT2D eigenvalue weighted by molar-refractivity contribution is 8.00. The van der Waals surface area contributed by atoms with E-state index in [0.29, 0.717) is 10.6 Å². The topological polar surface area (TPSA) is 111 Å². The van der Waals surface area contributed by atoms with Crippen LogP contribution in [0, 0.1) is 0 Å². The van der Waals surface area contributed by atoms with Crippen molar-refractivity contribution in [1.82, 2.24) is 4.98 Å². The first kappa shape index (κ1) is 23.0. The van der Waals surface area contributed by atoms with E-state index in [1.807, 2.05) is 30.3 Å². The van der Waals surface area contributed by atoms with Crippen molar-refractivity contribution in [3.63, 3.8) is 0 Å². The molecular formula is C23H19N3O4S3. The average molecular weight is 498 g/mol. The minimum Gasteiger partial charge on any atom is -0.449 e. The summed E-state index contributed by atoms with van der Waals surface area (Å²) >= 11 is 4.46. The molecule has 0 saturated carbocycles. The summed E-state index contributed by atoms with van der Waals surface area (Å²) in [6, 6.07) is 16.6. The minimum atomic E-state index is -1.05. The smallest absolute Gasteiger partial charge is 0.338 e. The third-order valence-electron chi connectivity index (χ3n) is 4.65. The van der Waals surface area contributed by atoms with Crippen molar-refractivity contribution < 1.29 is 19.1 Å². The number of fused-ring (bicyclic) bond motifs is 1. The van der Waals surface area contributed by atoms with E-state index in [1.165, 1.54) is 24.3 Å². The molecule has 0 fully saturated rings. The number of nitrogens with zero attached hydrogens (tertiary/aromatic N) is 1. The molecule has 4 aromatic rings. The molecule has 1 atom stereocenters. The molecular weight excluding hydrogens is 478 g/mol. The number of nitrogens with one attached hydrogen (secondary N) is 1. The number of ether oxygens (including phenoxy) is 1. The zero-order chi connectivity index (χ0) is 23.4. The van der Waals surface area contributed by atoms with Gasteiger partial charge in [-0.05, 0) is 48.2 Å². The fourth-order valence-electron chi connectivity index (χ4n) is 2.89. The number of amides is 2. The van der Waals surface area contributed by atoms with Gasteiger partial charge in [-0.25, -0.2) is 9.78 Å². The Labute approximate surface area is 202 Å². The van der Waals surface area contributed by atoms with Crippen LogP contribution in [0.4, 0.5) is 5.00 Å². The van der Waals surface area contributed by atoms with Crippen LogP contribution in [0.1, 0.15) is 33.2 Å². The normalized spacial score (nSPS) is 11.8. The molecule has 2 aromatic heterocycles. The van der Waals surface area contributed by atoms with E-state index in [0.717, 1.165) is 25.9 Å². The molecule has 168 valence electrons. The molecule has 2 aromatic carbocycles. The monoisotopic (exact) mass is 497 g/mol. The van der Waals surface area contributed by atoms with Crippen molar-refractivity contribution in [3.05, 3.63) is 76.7 Å². The average Bonchev–Trinajstić information content (AvgIpc) is 3.44. The summed E-state index contributed by atoms with van der Waals surface area (Å²) in [4.78, 5) is 40.8. The van der Waals surface area contributed by atoms with Crippen LogP contribution in [0.2, 0.25) is 0 Å². The van der Waals surface area contributed by atoms with Gasteiger partial charge >= 0.3 is 5.97 Å². The number of esters is 1. The Bertz CT molecular complexity index is 1280. The first-order chi connectivity index (χ1) is 15.9. The van der Waals surface area contributed by atoms with Gasteiger partial charge in [-0.1, -0.05) is 36.0 Å². The Hall–Kier alpha value is -3.21. The summed E-state index contributed by atoms with van der Waals surface area (Å²) < 4.78 is 7.42. The molecule has 0 aliphatic carbocycles. The molecule has 0 radical (unpaired) electrons. The molecule has 4 rings (SSSR count). The number of anilines is 1. The number of benzene rings is 2. The highest BCUT2D eigenvalue weighted by atomic mass is 32.2. The van der Waals surface area contributed by atoms with Gasteiger partial charge in [-0.2, -0.15) is 0 Å². The number of primary amides is 1. The number of carbonyl (C=O) groups excluding carboxylic acids is 3. The molecule has 33 heavy (non-hydrogen) atoms. The Morgan fingerprint density at radius 1 is 1.12 bits per heavy atom. The zero-order valence-electron chi connectivity index (χ0n) is 17.4. The van der Waals surface area contributed by atoms with Gasteiger partial charge in [0, 0.05) is 5.75 Å². The van der Waals surface area contributed by atoms with Gasteiger partial charge in [0.2, 0.25) is 0 Å². The number of carbonyl (C=O) groups is 3. The Morgan fingerprint density at radius 3 is 2.61 bits per heavy atom. The zero-order valence-corrected chi connectivity index (χ0v) is 19.9. The lowest BCUT2D eigenvalue weighted by atomic mass is 10.1. The van der Waals surface area contributed by atoms with Crippen LogP contribution >= 0.6 is 34.4 Å². The first-order valence-corrected chi connectivity index (χ1v) is 12.6. The molecule has 2 amide bonds. The first-order valence-electron chi connectivity index (χ1n) is 9.87. The fourth-order valence-corrected chi connectivity index (χ4v) is 5.71. The second-order valence-electron chi connectivity index (χ2n) is 7.00. The number of nitrogens with two attached hydrogens (primary N) is 1. The predicted octanol–water partition coefficient (Wildman–Crippen LogP) is 4.93. The Balaban J connectivity index is 1.31. The lowest BCUT2D eigenvalue weighted by Crippen LogP contribution is -2.30. The van der Waals surface area contributed by atoms with E-state index in [4.69, 9.17) is 10.5 Å². The fraction of sp³-hybridized carbons (Fsp3) is 0.130. The number of rotatable bonds is 8. The van der Waals surface area contributed by atoms with Crippen LogP contribution in [-0.2, 0) is 15.3 Å². The lowest BCUT2D eigenvalue weighted by molar-refractivity contribution is -0.123. The summed E-state index contributed by atoms with van der Waals surface area (Å²) in [6.07, 6.45) is -1.05. The Kier molecular flexibility index (Phi) is 7.07. The van der Waals surface area contributed by atoms with Gasteiger partial charge in [0.25, 0.3) is 11.8 Å². The molecule has 10 heteroatoms. The molecule has 0 aliphatic heterocycles. The number of hydrogen-bond donors (Lipinski definition) is 2. The molecule has 0 saturated heterocycles. The minimum absolute atomic E-state index is 0.214. The van der Waals surface area contributed by atoms with Gasteiger partial charge in [0.1, 0.15) is 5.00 Å². The molecule has 0 spiro atoms. The third-order valence-corrected chi connectivity index (χ3v) is 7.73. The van der Waals surface area contributed by atoms with Crippen LogP contribution in [0.5, 0.6) is 0 Å². The maximum atomic E-state index is 12.4. The maximum Gasteiger partial charge on any atom is 0.338 e. The number of thiazole rings is 1. The van der Waals surface area contributed by atoms with Crippen molar-refractivity contribution in [2.45, 2.75) is 23.1 Å². The summed E-state index contributed by atoms with van der Waals surface area (Å²) in [5.41, 5.74) is 7.87. The molecule has 1 unspecified atom stereocenters. The number of thiophene rings is 1. The largest absolute Gasteiger partial charge is 0.449 e. The van der Waals surface area contributed by atoms with Gasteiger partial charge < -0.3 is 15.8 Å².